The predicted octanol–water partition coefficient (Wildman–Crippen LogP) is 3.55. The standard InChI is InChI=1S/C26H32N2O6/c1-4-9-17(25(30)31)14-27-24(29)23(16(2)33-3)28-26(32)34-15-22-20-12-7-5-10-18(20)19-11-6-8-13-21(19)22/h5-8,10-13,16-17,22-23H,4,9,14-15H2,1-3H3,(H,27,29)(H,28,32)(H,30,31). The fourth-order valence-corrected chi connectivity index (χ4v) is 4.29. The molecule has 3 unspecified atom stereocenters. The third-order valence-corrected chi connectivity index (χ3v) is 6.25. The highest BCUT2D eigenvalue weighted by molar-refractivity contribution is 5.86. The molecule has 34 heavy (non-hydrogen) atoms. The third-order valence-electron chi connectivity index (χ3n) is 6.25. The molecule has 0 saturated heterocycles. The normalized spacial score (nSPS) is 14.9. The largest absolute Gasteiger partial charge is 0.481 e. The number of methoxy groups -OCH3 is 1. The zero-order chi connectivity index (χ0) is 24.7. The van der Waals surface area contributed by atoms with Gasteiger partial charge in [-0.1, -0.05) is 61.9 Å². The van der Waals surface area contributed by atoms with E-state index >= 15 is 0 Å². The van der Waals surface area contributed by atoms with E-state index in [-0.39, 0.29) is 19.1 Å². The first kappa shape index (κ1) is 25.2. The molecule has 0 fully saturated rings. The number of amides is 2. The van der Waals surface area contributed by atoms with Crippen LogP contribution in [0.3, 0.4) is 0 Å². The van der Waals surface area contributed by atoms with Gasteiger partial charge in [0.25, 0.3) is 0 Å². The van der Waals surface area contributed by atoms with Crippen LogP contribution in [0.5, 0.6) is 0 Å². The number of fused-ring (bicyclic) bond motifs is 3. The number of carbonyl (C=O) groups is 3. The second kappa shape index (κ2) is 11.7. The third kappa shape index (κ3) is 5.75. The van der Waals surface area contributed by atoms with Crippen molar-refractivity contribution in [2.75, 3.05) is 20.3 Å². The van der Waals surface area contributed by atoms with Crippen LogP contribution in [0, 0.1) is 5.92 Å². The molecular formula is C26H32N2O6. The molecule has 2 aromatic rings. The second-order valence-corrected chi connectivity index (χ2v) is 8.46. The van der Waals surface area contributed by atoms with Gasteiger partial charge >= 0.3 is 12.1 Å². The molecule has 3 rings (SSSR count). The summed E-state index contributed by atoms with van der Waals surface area (Å²) in [5, 5.41) is 14.5. The van der Waals surface area contributed by atoms with Crippen molar-refractivity contribution >= 4 is 18.0 Å². The lowest BCUT2D eigenvalue weighted by molar-refractivity contribution is -0.142. The summed E-state index contributed by atoms with van der Waals surface area (Å²) in [5.41, 5.74) is 4.42. The SMILES string of the molecule is CCCC(CNC(=O)C(NC(=O)OCC1c2ccccc2-c2ccccc21)C(C)OC)C(=O)O. The summed E-state index contributed by atoms with van der Waals surface area (Å²) in [5.74, 6) is -2.29. The highest BCUT2D eigenvalue weighted by atomic mass is 16.5. The van der Waals surface area contributed by atoms with Crippen molar-refractivity contribution < 1.29 is 29.0 Å². The maximum atomic E-state index is 12.7. The molecule has 8 heteroatoms. The van der Waals surface area contributed by atoms with E-state index in [0.29, 0.717) is 12.8 Å². The Balaban J connectivity index is 1.63. The van der Waals surface area contributed by atoms with Gasteiger partial charge in [-0.2, -0.15) is 0 Å². The molecule has 1 aliphatic carbocycles. The van der Waals surface area contributed by atoms with Crippen molar-refractivity contribution in [2.45, 2.75) is 44.8 Å². The molecule has 3 atom stereocenters. The number of hydrogen-bond donors (Lipinski definition) is 3. The number of carboxylic acid groups (broad SMARTS) is 1. The average molecular weight is 469 g/mol. The van der Waals surface area contributed by atoms with Crippen molar-refractivity contribution in [1.82, 2.24) is 10.6 Å². The van der Waals surface area contributed by atoms with Crippen LogP contribution in [0.1, 0.15) is 43.7 Å². The average Bonchev–Trinajstić information content (AvgIpc) is 3.16. The van der Waals surface area contributed by atoms with Gasteiger partial charge in [0.05, 0.1) is 12.0 Å². The number of carboxylic acids is 1. The number of nitrogens with one attached hydrogen (secondary N) is 2. The molecule has 0 bridgehead atoms. The van der Waals surface area contributed by atoms with Crippen molar-refractivity contribution in [1.29, 1.82) is 0 Å². The van der Waals surface area contributed by atoms with Gasteiger partial charge in [-0.3, -0.25) is 9.59 Å². The fraction of sp³-hybridized carbons (Fsp3) is 0.423. The molecule has 2 amide bonds. The lowest BCUT2D eigenvalue weighted by atomic mass is 9.98. The molecule has 0 saturated carbocycles. The number of ether oxygens (including phenoxy) is 2. The maximum absolute atomic E-state index is 12.7. The van der Waals surface area contributed by atoms with Gasteiger partial charge in [0.15, 0.2) is 0 Å². The molecule has 0 radical (unpaired) electrons. The lowest BCUT2D eigenvalue weighted by Crippen LogP contribution is -2.54. The Kier molecular flexibility index (Phi) is 8.65. The first-order chi connectivity index (χ1) is 16.4. The molecule has 182 valence electrons. The van der Waals surface area contributed by atoms with E-state index in [1.807, 2.05) is 43.3 Å². The van der Waals surface area contributed by atoms with E-state index in [4.69, 9.17) is 9.47 Å². The van der Waals surface area contributed by atoms with Crippen molar-refractivity contribution in [3.63, 3.8) is 0 Å². The van der Waals surface area contributed by atoms with Crippen LogP contribution < -0.4 is 10.6 Å². The summed E-state index contributed by atoms with van der Waals surface area (Å²) in [7, 11) is 1.43. The monoisotopic (exact) mass is 468 g/mol. The van der Waals surface area contributed by atoms with Crippen LogP contribution >= 0.6 is 0 Å². The number of carbonyl (C=O) groups excluding carboxylic acids is 2. The highest BCUT2D eigenvalue weighted by Gasteiger charge is 2.31. The maximum Gasteiger partial charge on any atom is 0.407 e. The van der Waals surface area contributed by atoms with Gasteiger partial charge < -0.3 is 25.2 Å². The van der Waals surface area contributed by atoms with Crippen molar-refractivity contribution in [3.8, 4) is 11.1 Å². The van der Waals surface area contributed by atoms with Crippen LogP contribution in [0.15, 0.2) is 48.5 Å². The molecule has 0 spiro atoms. The Bertz CT molecular complexity index is 978. The lowest BCUT2D eigenvalue weighted by Gasteiger charge is -2.24. The minimum absolute atomic E-state index is 0.0265. The van der Waals surface area contributed by atoms with Gasteiger partial charge in [0.1, 0.15) is 12.6 Å². The molecule has 0 aliphatic heterocycles. The van der Waals surface area contributed by atoms with Crippen LogP contribution in [-0.4, -0.2) is 55.5 Å². The molecule has 1 aliphatic rings. The number of rotatable bonds is 11. The molecule has 2 aromatic carbocycles. The van der Waals surface area contributed by atoms with E-state index < -0.39 is 36.0 Å². The number of alkyl carbamates (subject to hydrolysis) is 1. The summed E-state index contributed by atoms with van der Waals surface area (Å²) < 4.78 is 10.8. The predicted molar refractivity (Wildman–Crippen MR) is 128 cm³/mol. The summed E-state index contributed by atoms with van der Waals surface area (Å²) in [6, 6.07) is 15.0. The molecule has 0 aromatic heterocycles. The minimum Gasteiger partial charge on any atom is -0.481 e. The number of benzene rings is 2. The zero-order valence-electron chi connectivity index (χ0n) is 19.7. The van der Waals surface area contributed by atoms with Crippen LogP contribution in [0.4, 0.5) is 4.79 Å². The first-order valence-electron chi connectivity index (χ1n) is 11.5. The Morgan fingerprint density at radius 3 is 2.15 bits per heavy atom. The fourth-order valence-electron chi connectivity index (χ4n) is 4.29. The Hall–Kier alpha value is -3.39. The van der Waals surface area contributed by atoms with Crippen molar-refractivity contribution in [2.24, 2.45) is 5.92 Å². The minimum atomic E-state index is -1.03. The van der Waals surface area contributed by atoms with Crippen LogP contribution in [0.25, 0.3) is 11.1 Å². The summed E-state index contributed by atoms with van der Waals surface area (Å²) in [6.07, 6.45) is -0.257. The van der Waals surface area contributed by atoms with Crippen LogP contribution in [0.2, 0.25) is 0 Å². The highest BCUT2D eigenvalue weighted by Crippen LogP contribution is 2.44. The van der Waals surface area contributed by atoms with Gasteiger partial charge in [-0.25, -0.2) is 4.79 Å². The van der Waals surface area contributed by atoms with E-state index in [1.165, 1.54) is 7.11 Å². The number of hydrogen-bond acceptors (Lipinski definition) is 5. The van der Waals surface area contributed by atoms with Gasteiger partial charge in [0.2, 0.25) is 5.91 Å². The Morgan fingerprint density at radius 1 is 1.03 bits per heavy atom. The van der Waals surface area contributed by atoms with E-state index in [1.54, 1.807) is 6.92 Å². The van der Waals surface area contributed by atoms with Gasteiger partial charge in [0, 0.05) is 19.6 Å². The number of aliphatic carboxylic acids is 1. The van der Waals surface area contributed by atoms with Gasteiger partial charge in [-0.15, -0.1) is 0 Å². The smallest absolute Gasteiger partial charge is 0.407 e. The molecular weight excluding hydrogens is 436 g/mol. The van der Waals surface area contributed by atoms with Crippen molar-refractivity contribution in [3.05, 3.63) is 59.7 Å². The van der Waals surface area contributed by atoms with E-state index in [9.17, 15) is 19.5 Å². The molecule has 3 N–H and O–H groups in total. The van der Waals surface area contributed by atoms with Crippen LogP contribution in [-0.2, 0) is 19.1 Å². The summed E-state index contributed by atoms with van der Waals surface area (Å²) in [4.78, 5) is 36.7. The Morgan fingerprint density at radius 2 is 1.62 bits per heavy atom. The molecule has 8 nitrogen and oxygen atoms in total. The summed E-state index contributed by atoms with van der Waals surface area (Å²) in [6.45, 7) is 3.62. The topological polar surface area (TPSA) is 114 Å². The summed E-state index contributed by atoms with van der Waals surface area (Å²) >= 11 is 0. The van der Waals surface area contributed by atoms with E-state index in [2.05, 4.69) is 22.8 Å². The molecule has 0 heterocycles. The quantitative estimate of drug-likeness (QED) is 0.465. The Labute approximate surface area is 199 Å². The first-order valence-corrected chi connectivity index (χ1v) is 11.5. The van der Waals surface area contributed by atoms with E-state index in [0.717, 1.165) is 22.3 Å². The zero-order valence-corrected chi connectivity index (χ0v) is 19.7. The van der Waals surface area contributed by atoms with Gasteiger partial charge in [-0.05, 0) is 35.6 Å². The second-order valence-electron chi connectivity index (χ2n) is 8.46.